The fourth-order valence-electron chi connectivity index (χ4n) is 1.82. The Bertz CT molecular complexity index is 686. The third-order valence-corrected chi connectivity index (χ3v) is 4.82. The van der Waals surface area contributed by atoms with Gasteiger partial charge in [-0.15, -0.1) is 6.42 Å². The number of benzene rings is 1. The molecule has 0 saturated carbocycles. The van der Waals surface area contributed by atoms with Crippen LogP contribution in [0.5, 0.6) is 5.75 Å². The molecule has 0 unspecified atom stereocenters. The van der Waals surface area contributed by atoms with Gasteiger partial charge in [0.1, 0.15) is 5.75 Å². The fraction of sp³-hybridized carbons (Fsp3) is 0.200. The van der Waals surface area contributed by atoms with Crippen molar-refractivity contribution in [1.29, 1.82) is 0 Å². The van der Waals surface area contributed by atoms with Crippen molar-refractivity contribution in [3.05, 3.63) is 31.5 Å². The molecule has 1 fully saturated rings. The van der Waals surface area contributed by atoms with Crippen LogP contribution in [0, 0.1) is 12.3 Å². The Morgan fingerprint density at radius 2 is 2.00 bits per heavy atom. The van der Waals surface area contributed by atoms with Gasteiger partial charge in [-0.25, -0.2) is 0 Å². The van der Waals surface area contributed by atoms with Gasteiger partial charge in [-0.2, -0.15) is 0 Å². The smallest absolute Gasteiger partial charge is 0.294 e. The molecule has 1 aliphatic rings. The lowest BCUT2D eigenvalue weighted by molar-refractivity contribution is -0.122. The third-order valence-electron chi connectivity index (χ3n) is 2.73. The summed E-state index contributed by atoms with van der Waals surface area (Å²) in [6, 6.07) is 3.65. The van der Waals surface area contributed by atoms with Crippen LogP contribution in [-0.4, -0.2) is 29.2 Å². The molecule has 0 atom stereocenters. The van der Waals surface area contributed by atoms with Gasteiger partial charge in [0.25, 0.3) is 11.1 Å². The highest BCUT2D eigenvalue weighted by molar-refractivity contribution is 9.11. The van der Waals surface area contributed by atoms with E-state index in [9.17, 15) is 9.59 Å². The number of ether oxygens (including phenoxy) is 1. The van der Waals surface area contributed by atoms with Crippen molar-refractivity contribution in [3.8, 4) is 18.1 Å². The molecule has 22 heavy (non-hydrogen) atoms. The lowest BCUT2D eigenvalue weighted by Gasteiger charge is -2.09. The molecule has 1 aliphatic heterocycles. The molecule has 1 heterocycles. The Morgan fingerprint density at radius 3 is 2.55 bits per heavy atom. The molecule has 2 rings (SSSR count). The fourth-order valence-corrected chi connectivity index (χ4v) is 4.11. The van der Waals surface area contributed by atoms with Crippen LogP contribution in [-0.2, 0) is 4.79 Å². The number of amides is 2. The molecule has 4 nitrogen and oxygen atoms in total. The second kappa shape index (κ2) is 7.36. The van der Waals surface area contributed by atoms with Crippen LogP contribution < -0.4 is 4.74 Å². The molecule has 2 amide bonds. The van der Waals surface area contributed by atoms with Gasteiger partial charge in [-0.1, -0.05) is 5.92 Å². The topological polar surface area (TPSA) is 46.6 Å². The van der Waals surface area contributed by atoms with E-state index in [-0.39, 0.29) is 17.7 Å². The Morgan fingerprint density at radius 1 is 1.36 bits per heavy atom. The molecular weight excluding hydrogens is 434 g/mol. The van der Waals surface area contributed by atoms with Gasteiger partial charge in [0.2, 0.25) is 0 Å². The predicted molar refractivity (Wildman–Crippen MR) is 94.5 cm³/mol. The first-order chi connectivity index (χ1) is 10.5. The average Bonchev–Trinajstić information content (AvgIpc) is 2.71. The SMILES string of the molecule is C#CCN1C(=O)S/C(=C/c2cc(Br)c(OCC)c(Br)c2)C1=O. The zero-order valence-electron chi connectivity index (χ0n) is 11.6. The number of carbonyl (C=O) groups excluding carboxylic acids is 2. The third kappa shape index (κ3) is 3.57. The number of hydrogen-bond donors (Lipinski definition) is 0. The first-order valence-electron chi connectivity index (χ1n) is 6.28. The molecule has 0 N–H and O–H groups in total. The monoisotopic (exact) mass is 443 g/mol. The number of thioether (sulfide) groups is 1. The largest absolute Gasteiger partial charge is 0.492 e. The van der Waals surface area contributed by atoms with Gasteiger partial charge in [0.05, 0.1) is 27.0 Å². The second-order valence-electron chi connectivity index (χ2n) is 4.22. The molecule has 1 aromatic rings. The maximum absolute atomic E-state index is 12.1. The van der Waals surface area contributed by atoms with Gasteiger partial charge >= 0.3 is 0 Å². The molecule has 0 aromatic heterocycles. The van der Waals surface area contributed by atoms with Crippen LogP contribution >= 0.6 is 43.6 Å². The standard InChI is InChI=1S/C15H11Br2NO3S/c1-3-5-18-14(19)12(22-15(18)20)8-9-6-10(16)13(21-4-2)11(17)7-9/h1,6-8H,4-5H2,2H3/b12-8+. The van der Waals surface area contributed by atoms with Crippen LogP contribution in [0.1, 0.15) is 12.5 Å². The maximum atomic E-state index is 12.1. The maximum Gasteiger partial charge on any atom is 0.294 e. The quantitative estimate of drug-likeness (QED) is 0.513. The summed E-state index contributed by atoms with van der Waals surface area (Å²) in [5.41, 5.74) is 0.772. The van der Waals surface area contributed by atoms with Gasteiger partial charge in [0, 0.05) is 0 Å². The van der Waals surface area contributed by atoms with E-state index in [1.165, 1.54) is 0 Å². The Kier molecular flexibility index (Phi) is 5.73. The van der Waals surface area contributed by atoms with E-state index in [1.807, 2.05) is 19.1 Å². The Balaban J connectivity index is 2.33. The van der Waals surface area contributed by atoms with Crippen molar-refractivity contribution >= 4 is 60.8 Å². The summed E-state index contributed by atoms with van der Waals surface area (Å²) in [5.74, 6) is 2.63. The van der Waals surface area contributed by atoms with E-state index in [0.29, 0.717) is 17.3 Å². The highest BCUT2D eigenvalue weighted by atomic mass is 79.9. The number of carbonyl (C=O) groups is 2. The average molecular weight is 445 g/mol. The van der Waals surface area contributed by atoms with E-state index >= 15 is 0 Å². The van der Waals surface area contributed by atoms with Crippen LogP contribution in [0.4, 0.5) is 4.79 Å². The number of nitrogens with zero attached hydrogens (tertiary/aromatic N) is 1. The zero-order chi connectivity index (χ0) is 16.3. The summed E-state index contributed by atoms with van der Waals surface area (Å²) >= 11 is 7.75. The number of terminal acetylenes is 1. The Hall–Kier alpha value is -1.23. The van der Waals surface area contributed by atoms with Crippen molar-refractivity contribution in [3.63, 3.8) is 0 Å². The van der Waals surface area contributed by atoms with Crippen LogP contribution in [0.3, 0.4) is 0 Å². The molecule has 0 radical (unpaired) electrons. The minimum Gasteiger partial charge on any atom is -0.492 e. The molecule has 114 valence electrons. The van der Waals surface area contributed by atoms with Crippen LogP contribution in [0.2, 0.25) is 0 Å². The van der Waals surface area contributed by atoms with Crippen molar-refractivity contribution < 1.29 is 14.3 Å². The van der Waals surface area contributed by atoms with E-state index in [0.717, 1.165) is 31.2 Å². The van der Waals surface area contributed by atoms with Gasteiger partial charge in [-0.3, -0.25) is 14.5 Å². The van der Waals surface area contributed by atoms with E-state index < -0.39 is 0 Å². The van der Waals surface area contributed by atoms with E-state index in [1.54, 1.807) is 6.08 Å². The van der Waals surface area contributed by atoms with Crippen LogP contribution in [0.25, 0.3) is 6.08 Å². The minimum atomic E-state index is -0.367. The summed E-state index contributed by atoms with van der Waals surface area (Å²) < 4.78 is 7.03. The summed E-state index contributed by atoms with van der Waals surface area (Å²) in [6.07, 6.45) is 6.82. The molecule has 0 spiro atoms. The normalized spacial score (nSPS) is 16.3. The van der Waals surface area contributed by atoms with Crippen molar-refractivity contribution in [2.24, 2.45) is 0 Å². The van der Waals surface area contributed by atoms with Crippen LogP contribution in [0.15, 0.2) is 26.0 Å². The predicted octanol–water partition coefficient (Wildman–Crippen LogP) is 4.28. The van der Waals surface area contributed by atoms with Crippen molar-refractivity contribution in [2.75, 3.05) is 13.2 Å². The van der Waals surface area contributed by atoms with Gasteiger partial charge in [0.15, 0.2) is 0 Å². The lowest BCUT2D eigenvalue weighted by Crippen LogP contribution is -2.28. The summed E-state index contributed by atoms with van der Waals surface area (Å²) in [4.78, 5) is 25.3. The molecule has 0 aliphatic carbocycles. The van der Waals surface area contributed by atoms with Gasteiger partial charge in [-0.05, 0) is 74.3 Å². The molecule has 7 heteroatoms. The van der Waals surface area contributed by atoms with Crippen molar-refractivity contribution in [2.45, 2.75) is 6.92 Å². The first-order valence-corrected chi connectivity index (χ1v) is 8.68. The molecule has 0 bridgehead atoms. The number of hydrogen-bond acceptors (Lipinski definition) is 4. The first kappa shape index (κ1) is 17.1. The van der Waals surface area contributed by atoms with Crippen molar-refractivity contribution in [1.82, 2.24) is 4.90 Å². The molecule has 1 aromatic carbocycles. The number of rotatable bonds is 4. The summed E-state index contributed by atoms with van der Waals surface area (Å²) in [7, 11) is 0. The van der Waals surface area contributed by atoms with E-state index in [4.69, 9.17) is 11.2 Å². The number of imide groups is 1. The highest BCUT2D eigenvalue weighted by Crippen LogP contribution is 2.37. The highest BCUT2D eigenvalue weighted by Gasteiger charge is 2.34. The van der Waals surface area contributed by atoms with E-state index in [2.05, 4.69) is 37.8 Å². The lowest BCUT2D eigenvalue weighted by atomic mass is 10.2. The Labute approximate surface area is 149 Å². The number of halogens is 2. The second-order valence-corrected chi connectivity index (χ2v) is 6.92. The summed E-state index contributed by atoms with van der Waals surface area (Å²) in [6.45, 7) is 2.43. The summed E-state index contributed by atoms with van der Waals surface area (Å²) in [5, 5.41) is -0.349. The molecular formula is C15H11Br2NO3S. The molecule has 1 saturated heterocycles. The minimum absolute atomic E-state index is 0.0152. The zero-order valence-corrected chi connectivity index (χ0v) is 15.5. The van der Waals surface area contributed by atoms with Gasteiger partial charge < -0.3 is 4.74 Å².